The lowest BCUT2D eigenvalue weighted by atomic mass is 10.1. The molecular weight excluding hydrogens is 282 g/mol. The first kappa shape index (κ1) is 12.8. The van der Waals surface area contributed by atoms with Crippen LogP contribution in [-0.4, -0.2) is 36.9 Å². The minimum Gasteiger partial charge on any atom is -0.332 e. The van der Waals surface area contributed by atoms with E-state index in [1.807, 2.05) is 12.1 Å². The summed E-state index contributed by atoms with van der Waals surface area (Å²) < 4.78 is 1.52. The SMILES string of the molecule is O=C(c1ccn[nH]1)N1CCc2nc3ccccn3c(=O)c2C1. The Balaban J connectivity index is 1.76. The molecule has 0 fully saturated rings. The van der Waals surface area contributed by atoms with Gasteiger partial charge in [0.15, 0.2) is 0 Å². The smallest absolute Gasteiger partial charge is 0.272 e. The number of amides is 1. The van der Waals surface area contributed by atoms with Crippen molar-refractivity contribution >= 4 is 11.6 Å². The van der Waals surface area contributed by atoms with Crippen LogP contribution in [0.1, 0.15) is 21.7 Å². The number of hydrogen-bond acceptors (Lipinski definition) is 4. The van der Waals surface area contributed by atoms with Crippen LogP contribution in [0.2, 0.25) is 0 Å². The molecule has 3 aromatic rings. The fourth-order valence-corrected chi connectivity index (χ4v) is 2.77. The summed E-state index contributed by atoms with van der Waals surface area (Å²) in [7, 11) is 0. The van der Waals surface area contributed by atoms with Crippen LogP contribution in [-0.2, 0) is 13.0 Å². The highest BCUT2D eigenvalue weighted by molar-refractivity contribution is 5.92. The van der Waals surface area contributed by atoms with E-state index in [-0.39, 0.29) is 18.0 Å². The Labute approximate surface area is 125 Å². The normalized spacial score (nSPS) is 14.1. The molecule has 0 radical (unpaired) electrons. The molecule has 0 aromatic carbocycles. The minimum absolute atomic E-state index is 0.109. The molecule has 0 saturated carbocycles. The Morgan fingerprint density at radius 1 is 1.27 bits per heavy atom. The number of H-pyrrole nitrogens is 1. The second-order valence-corrected chi connectivity index (χ2v) is 5.22. The third-order valence-corrected chi connectivity index (χ3v) is 3.90. The third-order valence-electron chi connectivity index (χ3n) is 3.90. The van der Waals surface area contributed by atoms with E-state index >= 15 is 0 Å². The number of aromatic nitrogens is 4. The third kappa shape index (κ3) is 1.90. The maximum Gasteiger partial charge on any atom is 0.272 e. The highest BCUT2D eigenvalue weighted by Crippen LogP contribution is 2.16. The summed E-state index contributed by atoms with van der Waals surface area (Å²) in [5.41, 5.74) is 2.33. The Hall–Kier alpha value is -2.96. The molecule has 7 nitrogen and oxygen atoms in total. The van der Waals surface area contributed by atoms with Gasteiger partial charge in [-0.05, 0) is 18.2 Å². The van der Waals surface area contributed by atoms with Crippen molar-refractivity contribution < 1.29 is 4.79 Å². The van der Waals surface area contributed by atoms with Crippen LogP contribution < -0.4 is 5.56 Å². The Morgan fingerprint density at radius 3 is 3.00 bits per heavy atom. The fraction of sp³-hybridized carbons (Fsp3) is 0.200. The lowest BCUT2D eigenvalue weighted by Gasteiger charge is -2.27. The average molecular weight is 295 g/mol. The van der Waals surface area contributed by atoms with Crippen LogP contribution in [0.3, 0.4) is 0 Å². The zero-order valence-electron chi connectivity index (χ0n) is 11.7. The molecule has 1 aliphatic heterocycles. The second kappa shape index (κ2) is 4.80. The zero-order valence-corrected chi connectivity index (χ0v) is 11.7. The van der Waals surface area contributed by atoms with E-state index in [0.717, 1.165) is 5.69 Å². The van der Waals surface area contributed by atoms with Crippen molar-refractivity contribution in [3.05, 3.63) is 64.0 Å². The van der Waals surface area contributed by atoms with Gasteiger partial charge in [-0.3, -0.25) is 19.1 Å². The van der Waals surface area contributed by atoms with Gasteiger partial charge in [0.2, 0.25) is 0 Å². The maximum atomic E-state index is 12.6. The molecule has 1 aliphatic rings. The molecule has 7 heteroatoms. The summed E-state index contributed by atoms with van der Waals surface area (Å²) in [5.74, 6) is -0.152. The number of carbonyl (C=O) groups is 1. The van der Waals surface area contributed by atoms with E-state index in [2.05, 4.69) is 15.2 Å². The summed E-state index contributed by atoms with van der Waals surface area (Å²) in [6.07, 6.45) is 3.81. The van der Waals surface area contributed by atoms with Crippen LogP contribution >= 0.6 is 0 Å². The van der Waals surface area contributed by atoms with Gasteiger partial charge in [-0.1, -0.05) is 6.07 Å². The molecule has 4 rings (SSSR count). The van der Waals surface area contributed by atoms with Gasteiger partial charge >= 0.3 is 0 Å². The summed E-state index contributed by atoms with van der Waals surface area (Å²) in [5, 5.41) is 6.45. The largest absolute Gasteiger partial charge is 0.332 e. The maximum absolute atomic E-state index is 12.6. The Morgan fingerprint density at radius 2 is 2.18 bits per heavy atom. The van der Waals surface area contributed by atoms with Gasteiger partial charge in [0.25, 0.3) is 11.5 Å². The van der Waals surface area contributed by atoms with Crippen LogP contribution in [0.4, 0.5) is 0 Å². The first-order chi connectivity index (χ1) is 10.7. The predicted molar refractivity (Wildman–Crippen MR) is 78.5 cm³/mol. The van der Waals surface area contributed by atoms with Crippen LogP contribution in [0.5, 0.6) is 0 Å². The standard InChI is InChI=1S/C15H13N5O2/c21-14-10-9-19(15(22)12-4-6-16-18-12)8-5-11(10)17-13-3-1-2-7-20(13)14/h1-4,6-7H,5,8-9H2,(H,16,18). The number of aromatic amines is 1. The zero-order chi connectivity index (χ0) is 15.1. The molecule has 22 heavy (non-hydrogen) atoms. The fourth-order valence-electron chi connectivity index (χ4n) is 2.77. The number of fused-ring (bicyclic) bond motifs is 2. The van der Waals surface area contributed by atoms with Gasteiger partial charge in [0.1, 0.15) is 11.3 Å². The summed E-state index contributed by atoms with van der Waals surface area (Å²) in [6.45, 7) is 0.817. The first-order valence-corrected chi connectivity index (χ1v) is 7.02. The topological polar surface area (TPSA) is 83.4 Å². The highest BCUT2D eigenvalue weighted by Gasteiger charge is 2.26. The molecule has 110 valence electrons. The molecule has 0 aliphatic carbocycles. The lowest BCUT2D eigenvalue weighted by Crippen LogP contribution is -2.40. The van der Waals surface area contributed by atoms with Crippen molar-refractivity contribution in [2.75, 3.05) is 6.54 Å². The van der Waals surface area contributed by atoms with Crippen LogP contribution in [0.15, 0.2) is 41.5 Å². The number of pyridine rings is 1. The molecule has 0 unspecified atom stereocenters. The Kier molecular flexibility index (Phi) is 2.78. The van der Waals surface area contributed by atoms with Crippen molar-refractivity contribution in [3.63, 3.8) is 0 Å². The first-order valence-electron chi connectivity index (χ1n) is 7.02. The van der Waals surface area contributed by atoms with E-state index < -0.39 is 0 Å². The summed E-state index contributed by atoms with van der Waals surface area (Å²) >= 11 is 0. The molecule has 0 bridgehead atoms. The predicted octanol–water partition coefficient (Wildman–Crippen LogP) is 0.616. The molecular formula is C15H13N5O2. The number of hydrogen-bond donors (Lipinski definition) is 1. The molecule has 0 spiro atoms. The molecule has 1 amide bonds. The van der Waals surface area contributed by atoms with Gasteiger partial charge in [0.05, 0.1) is 17.8 Å². The van der Waals surface area contributed by atoms with Gasteiger partial charge < -0.3 is 4.90 Å². The van der Waals surface area contributed by atoms with Gasteiger partial charge in [-0.15, -0.1) is 0 Å². The molecule has 0 saturated heterocycles. The summed E-state index contributed by atoms with van der Waals surface area (Å²) in [4.78, 5) is 31.1. The lowest BCUT2D eigenvalue weighted by molar-refractivity contribution is 0.0726. The minimum atomic E-state index is -0.152. The molecule has 4 heterocycles. The van der Waals surface area contributed by atoms with Gasteiger partial charge in [-0.2, -0.15) is 5.10 Å². The number of nitrogens with zero attached hydrogens (tertiary/aromatic N) is 4. The van der Waals surface area contributed by atoms with Gasteiger partial charge in [0, 0.05) is 25.4 Å². The number of rotatable bonds is 1. The van der Waals surface area contributed by atoms with E-state index in [0.29, 0.717) is 29.9 Å². The van der Waals surface area contributed by atoms with Crippen molar-refractivity contribution in [1.82, 2.24) is 24.5 Å². The van der Waals surface area contributed by atoms with Crippen molar-refractivity contribution in [3.8, 4) is 0 Å². The van der Waals surface area contributed by atoms with Crippen molar-refractivity contribution in [1.29, 1.82) is 0 Å². The quantitative estimate of drug-likeness (QED) is 0.713. The van der Waals surface area contributed by atoms with Crippen molar-refractivity contribution in [2.45, 2.75) is 13.0 Å². The monoisotopic (exact) mass is 295 g/mol. The van der Waals surface area contributed by atoms with Crippen LogP contribution in [0.25, 0.3) is 5.65 Å². The van der Waals surface area contributed by atoms with Crippen LogP contribution in [0, 0.1) is 0 Å². The second-order valence-electron chi connectivity index (χ2n) is 5.22. The van der Waals surface area contributed by atoms with E-state index in [1.54, 1.807) is 23.2 Å². The molecule has 0 atom stereocenters. The van der Waals surface area contributed by atoms with E-state index in [9.17, 15) is 9.59 Å². The average Bonchev–Trinajstić information content (AvgIpc) is 3.09. The number of nitrogens with one attached hydrogen (secondary N) is 1. The van der Waals surface area contributed by atoms with Gasteiger partial charge in [-0.25, -0.2) is 4.98 Å². The molecule has 3 aromatic heterocycles. The van der Waals surface area contributed by atoms with E-state index in [1.165, 1.54) is 10.6 Å². The highest BCUT2D eigenvalue weighted by atomic mass is 16.2. The summed E-state index contributed by atoms with van der Waals surface area (Å²) in [6, 6.07) is 7.08. The Bertz CT molecular complexity index is 913. The van der Waals surface area contributed by atoms with E-state index in [4.69, 9.17) is 0 Å². The number of carbonyl (C=O) groups excluding carboxylic acids is 1. The van der Waals surface area contributed by atoms with Crippen molar-refractivity contribution in [2.24, 2.45) is 0 Å². The molecule has 1 N–H and O–H groups in total.